The highest BCUT2D eigenvalue weighted by Gasteiger charge is 2.21. The molecule has 0 bridgehead atoms. The van der Waals surface area contributed by atoms with E-state index in [2.05, 4.69) is 10.6 Å². The lowest BCUT2D eigenvalue weighted by atomic mass is 10.1. The topological polar surface area (TPSA) is 61.4 Å². The molecule has 1 aromatic carbocycles. The molecular formula is C16H23N3O2. The Morgan fingerprint density at radius 3 is 2.43 bits per heavy atom. The van der Waals surface area contributed by atoms with Gasteiger partial charge >= 0.3 is 0 Å². The van der Waals surface area contributed by atoms with E-state index in [1.54, 1.807) is 4.90 Å². The van der Waals surface area contributed by atoms with Crippen molar-refractivity contribution in [2.45, 2.75) is 39.2 Å². The van der Waals surface area contributed by atoms with Crippen molar-refractivity contribution in [1.29, 1.82) is 0 Å². The molecule has 2 rings (SSSR count). The summed E-state index contributed by atoms with van der Waals surface area (Å²) in [4.78, 5) is 25.3. The van der Waals surface area contributed by atoms with Crippen LogP contribution in [0, 0.1) is 0 Å². The quantitative estimate of drug-likeness (QED) is 0.892. The van der Waals surface area contributed by atoms with Gasteiger partial charge in [-0.15, -0.1) is 0 Å². The lowest BCUT2D eigenvalue weighted by Crippen LogP contribution is -2.41. The van der Waals surface area contributed by atoms with E-state index in [1.165, 1.54) is 0 Å². The average Bonchev–Trinajstić information content (AvgIpc) is 2.83. The van der Waals surface area contributed by atoms with Gasteiger partial charge in [0.05, 0.1) is 6.54 Å². The van der Waals surface area contributed by atoms with Gasteiger partial charge in [0.25, 0.3) is 0 Å². The van der Waals surface area contributed by atoms with Gasteiger partial charge in [0, 0.05) is 29.9 Å². The minimum Gasteiger partial charge on any atom is -0.325 e. The Labute approximate surface area is 125 Å². The van der Waals surface area contributed by atoms with Crippen LogP contribution in [-0.2, 0) is 9.59 Å². The van der Waals surface area contributed by atoms with Gasteiger partial charge in [-0.2, -0.15) is 0 Å². The molecule has 0 radical (unpaired) electrons. The third-order valence-electron chi connectivity index (χ3n) is 3.32. The third kappa shape index (κ3) is 4.56. The Morgan fingerprint density at radius 2 is 1.90 bits per heavy atom. The first kappa shape index (κ1) is 15.5. The molecule has 2 amide bonds. The smallest absolute Gasteiger partial charge is 0.238 e. The lowest BCUT2D eigenvalue weighted by Gasteiger charge is -2.20. The van der Waals surface area contributed by atoms with Crippen molar-refractivity contribution >= 4 is 23.2 Å². The van der Waals surface area contributed by atoms with E-state index in [1.807, 2.05) is 45.0 Å². The van der Waals surface area contributed by atoms with Crippen LogP contribution in [-0.4, -0.2) is 30.4 Å². The minimum absolute atomic E-state index is 0.0741. The second-order valence-electron chi connectivity index (χ2n) is 6.35. The molecule has 1 aliphatic rings. The SMILES string of the molecule is CC(C)(C)NCC(=O)Nc1ccc(N2CCCC2=O)cc1. The number of anilines is 2. The van der Waals surface area contributed by atoms with Crippen LogP contribution < -0.4 is 15.5 Å². The van der Waals surface area contributed by atoms with Crippen LogP contribution in [0.4, 0.5) is 11.4 Å². The summed E-state index contributed by atoms with van der Waals surface area (Å²) in [6.07, 6.45) is 1.53. The van der Waals surface area contributed by atoms with Crippen LogP contribution in [0.3, 0.4) is 0 Å². The van der Waals surface area contributed by atoms with Crippen LogP contribution in [0.15, 0.2) is 24.3 Å². The molecule has 1 heterocycles. The molecular weight excluding hydrogens is 266 g/mol. The van der Waals surface area contributed by atoms with Gasteiger partial charge in [-0.05, 0) is 51.5 Å². The van der Waals surface area contributed by atoms with E-state index in [0.717, 1.165) is 24.3 Å². The van der Waals surface area contributed by atoms with E-state index in [0.29, 0.717) is 6.42 Å². The molecule has 1 aliphatic heterocycles. The van der Waals surface area contributed by atoms with Crippen LogP contribution in [0.2, 0.25) is 0 Å². The predicted octanol–water partition coefficient (Wildman–Crippen LogP) is 2.14. The first-order valence-electron chi connectivity index (χ1n) is 7.30. The second kappa shape index (κ2) is 6.26. The van der Waals surface area contributed by atoms with E-state index >= 15 is 0 Å². The number of nitrogens with one attached hydrogen (secondary N) is 2. The van der Waals surface area contributed by atoms with E-state index in [9.17, 15) is 9.59 Å². The largest absolute Gasteiger partial charge is 0.325 e. The van der Waals surface area contributed by atoms with Crippen LogP contribution in [0.25, 0.3) is 0 Å². The summed E-state index contributed by atoms with van der Waals surface area (Å²) in [6, 6.07) is 7.40. The van der Waals surface area contributed by atoms with Crippen molar-refractivity contribution in [3.63, 3.8) is 0 Å². The van der Waals surface area contributed by atoms with Gasteiger partial charge < -0.3 is 15.5 Å². The Kier molecular flexibility index (Phi) is 4.63. The Balaban J connectivity index is 1.90. The molecule has 5 nitrogen and oxygen atoms in total. The van der Waals surface area contributed by atoms with Gasteiger partial charge in [-0.25, -0.2) is 0 Å². The molecule has 2 N–H and O–H groups in total. The van der Waals surface area contributed by atoms with Gasteiger partial charge in [-0.3, -0.25) is 9.59 Å². The average molecular weight is 289 g/mol. The Hall–Kier alpha value is -1.88. The third-order valence-corrected chi connectivity index (χ3v) is 3.32. The molecule has 1 aromatic rings. The summed E-state index contributed by atoms with van der Waals surface area (Å²) in [5.74, 6) is 0.0936. The maximum Gasteiger partial charge on any atom is 0.238 e. The summed E-state index contributed by atoms with van der Waals surface area (Å²) >= 11 is 0. The summed E-state index contributed by atoms with van der Waals surface area (Å²) in [5.41, 5.74) is 1.55. The zero-order valence-corrected chi connectivity index (χ0v) is 12.9. The second-order valence-corrected chi connectivity index (χ2v) is 6.35. The zero-order chi connectivity index (χ0) is 15.5. The molecule has 0 saturated carbocycles. The molecule has 0 aromatic heterocycles. The number of carbonyl (C=O) groups is 2. The monoisotopic (exact) mass is 289 g/mol. The molecule has 0 atom stereocenters. The van der Waals surface area contributed by atoms with E-state index < -0.39 is 0 Å². The van der Waals surface area contributed by atoms with Crippen molar-refractivity contribution in [2.75, 3.05) is 23.3 Å². The molecule has 5 heteroatoms. The molecule has 21 heavy (non-hydrogen) atoms. The highest BCUT2D eigenvalue weighted by molar-refractivity contribution is 5.96. The first-order valence-corrected chi connectivity index (χ1v) is 7.30. The van der Waals surface area contributed by atoms with E-state index in [-0.39, 0.29) is 23.9 Å². The van der Waals surface area contributed by atoms with Gasteiger partial charge in [0.1, 0.15) is 0 Å². The van der Waals surface area contributed by atoms with Crippen molar-refractivity contribution in [3.05, 3.63) is 24.3 Å². The summed E-state index contributed by atoms with van der Waals surface area (Å²) in [6.45, 7) is 7.10. The summed E-state index contributed by atoms with van der Waals surface area (Å²) in [5, 5.41) is 5.98. The highest BCUT2D eigenvalue weighted by atomic mass is 16.2. The maximum absolute atomic E-state index is 11.8. The fourth-order valence-electron chi connectivity index (χ4n) is 2.20. The number of hydrogen-bond donors (Lipinski definition) is 2. The number of benzene rings is 1. The Morgan fingerprint density at radius 1 is 1.24 bits per heavy atom. The normalized spacial score (nSPS) is 15.4. The van der Waals surface area contributed by atoms with Crippen LogP contribution in [0.5, 0.6) is 0 Å². The molecule has 0 spiro atoms. The Bertz CT molecular complexity index is 517. The van der Waals surface area contributed by atoms with Gasteiger partial charge in [-0.1, -0.05) is 0 Å². The zero-order valence-electron chi connectivity index (χ0n) is 12.9. The molecule has 114 valence electrons. The van der Waals surface area contributed by atoms with Gasteiger partial charge in [0.15, 0.2) is 0 Å². The van der Waals surface area contributed by atoms with Crippen molar-refractivity contribution in [3.8, 4) is 0 Å². The molecule has 0 aliphatic carbocycles. The summed E-state index contributed by atoms with van der Waals surface area (Å²) < 4.78 is 0. The molecule has 1 fully saturated rings. The number of nitrogens with zero attached hydrogens (tertiary/aromatic N) is 1. The fourth-order valence-corrected chi connectivity index (χ4v) is 2.20. The highest BCUT2D eigenvalue weighted by Crippen LogP contribution is 2.22. The fraction of sp³-hybridized carbons (Fsp3) is 0.500. The number of amides is 2. The van der Waals surface area contributed by atoms with E-state index in [4.69, 9.17) is 0 Å². The predicted molar refractivity (Wildman–Crippen MR) is 84.4 cm³/mol. The van der Waals surface area contributed by atoms with Crippen LogP contribution >= 0.6 is 0 Å². The molecule has 1 saturated heterocycles. The van der Waals surface area contributed by atoms with Crippen molar-refractivity contribution < 1.29 is 9.59 Å². The van der Waals surface area contributed by atoms with Crippen molar-refractivity contribution in [2.24, 2.45) is 0 Å². The first-order chi connectivity index (χ1) is 9.85. The molecule has 0 unspecified atom stereocenters. The summed E-state index contributed by atoms with van der Waals surface area (Å²) in [7, 11) is 0. The minimum atomic E-state index is -0.0860. The van der Waals surface area contributed by atoms with Crippen molar-refractivity contribution in [1.82, 2.24) is 5.32 Å². The standard InChI is InChI=1S/C16H23N3O2/c1-16(2,3)17-11-14(20)18-12-6-8-13(9-7-12)19-10-4-5-15(19)21/h6-9,17H,4-5,10-11H2,1-3H3,(H,18,20). The number of rotatable bonds is 4. The number of hydrogen-bond acceptors (Lipinski definition) is 3. The van der Waals surface area contributed by atoms with Gasteiger partial charge in [0.2, 0.25) is 11.8 Å². The van der Waals surface area contributed by atoms with Crippen LogP contribution in [0.1, 0.15) is 33.6 Å². The maximum atomic E-state index is 11.8. The number of carbonyl (C=O) groups excluding carboxylic acids is 2. The lowest BCUT2D eigenvalue weighted by molar-refractivity contribution is -0.117.